The minimum atomic E-state index is -0.133. The largest absolute Gasteiger partial charge is 0.393 e. The van der Waals surface area contributed by atoms with Gasteiger partial charge in [-0.15, -0.1) is 0 Å². The van der Waals surface area contributed by atoms with Crippen molar-refractivity contribution >= 4 is 0 Å². The number of aliphatic hydroxyl groups excluding tert-OH is 1. The van der Waals surface area contributed by atoms with Crippen molar-refractivity contribution in [3.05, 3.63) is 66.0 Å². The van der Waals surface area contributed by atoms with Gasteiger partial charge in [-0.25, -0.2) is 0 Å². The number of aromatic nitrogens is 1. The van der Waals surface area contributed by atoms with E-state index in [0.29, 0.717) is 11.8 Å². The Morgan fingerprint density at radius 1 is 1.00 bits per heavy atom. The van der Waals surface area contributed by atoms with Crippen molar-refractivity contribution in [2.45, 2.75) is 44.1 Å². The van der Waals surface area contributed by atoms with Gasteiger partial charge in [0.25, 0.3) is 0 Å². The molecule has 3 unspecified atom stereocenters. The minimum Gasteiger partial charge on any atom is -0.393 e. The maximum atomic E-state index is 10.3. The molecule has 1 fully saturated rings. The molecule has 1 aliphatic carbocycles. The predicted molar refractivity (Wildman–Crippen MR) is 85.1 cm³/mol. The number of benzene rings is 1. The van der Waals surface area contributed by atoms with E-state index < -0.39 is 0 Å². The molecule has 0 bridgehead atoms. The van der Waals surface area contributed by atoms with Gasteiger partial charge in [-0.05, 0) is 67.2 Å². The van der Waals surface area contributed by atoms with Crippen molar-refractivity contribution in [3.63, 3.8) is 0 Å². The van der Waals surface area contributed by atoms with Crippen molar-refractivity contribution in [2.75, 3.05) is 0 Å². The van der Waals surface area contributed by atoms with Gasteiger partial charge in [0.1, 0.15) is 0 Å². The molecule has 2 nitrogen and oxygen atoms in total. The van der Waals surface area contributed by atoms with Gasteiger partial charge in [-0.1, -0.05) is 30.3 Å². The smallest absolute Gasteiger partial charge is 0.0568 e. The fourth-order valence-electron chi connectivity index (χ4n) is 3.49. The number of rotatable bonds is 4. The lowest BCUT2D eigenvalue weighted by Crippen LogP contribution is -2.28. The van der Waals surface area contributed by atoms with Gasteiger partial charge in [-0.2, -0.15) is 0 Å². The topological polar surface area (TPSA) is 33.1 Å². The number of hydrogen-bond acceptors (Lipinski definition) is 2. The molecule has 3 atom stereocenters. The van der Waals surface area contributed by atoms with Gasteiger partial charge < -0.3 is 5.11 Å². The molecule has 1 heterocycles. The van der Waals surface area contributed by atoms with Crippen LogP contribution in [0.2, 0.25) is 0 Å². The number of aliphatic hydroxyl groups is 1. The summed E-state index contributed by atoms with van der Waals surface area (Å²) in [6.07, 6.45) is 8.80. The second-order valence-electron chi connectivity index (χ2n) is 6.14. The van der Waals surface area contributed by atoms with Crippen molar-refractivity contribution < 1.29 is 5.11 Å². The first kappa shape index (κ1) is 14.3. The van der Waals surface area contributed by atoms with Crippen LogP contribution >= 0.6 is 0 Å². The zero-order valence-electron chi connectivity index (χ0n) is 12.4. The van der Waals surface area contributed by atoms with Crippen LogP contribution in [0.5, 0.6) is 0 Å². The Balaban J connectivity index is 1.61. The summed E-state index contributed by atoms with van der Waals surface area (Å²) in [7, 11) is 0. The molecule has 2 aromatic rings. The molecule has 2 heteroatoms. The minimum absolute atomic E-state index is 0.133. The Morgan fingerprint density at radius 3 is 2.52 bits per heavy atom. The van der Waals surface area contributed by atoms with Gasteiger partial charge >= 0.3 is 0 Å². The maximum absolute atomic E-state index is 10.3. The summed E-state index contributed by atoms with van der Waals surface area (Å²) in [5, 5.41) is 10.3. The summed E-state index contributed by atoms with van der Waals surface area (Å²) in [4.78, 5) is 4.06. The Kier molecular flexibility index (Phi) is 4.66. The summed E-state index contributed by atoms with van der Waals surface area (Å²) >= 11 is 0. The highest BCUT2D eigenvalue weighted by molar-refractivity contribution is 5.20. The SMILES string of the molecule is OC1CCC(c2ccccc2)CC1CCc1ccncc1. The first-order chi connectivity index (χ1) is 10.3. The molecule has 3 rings (SSSR count). The zero-order valence-corrected chi connectivity index (χ0v) is 12.4. The van der Waals surface area contributed by atoms with Gasteiger partial charge in [0.2, 0.25) is 0 Å². The third kappa shape index (κ3) is 3.70. The molecular weight excluding hydrogens is 258 g/mol. The monoisotopic (exact) mass is 281 g/mol. The van der Waals surface area contributed by atoms with Crippen LogP contribution in [-0.4, -0.2) is 16.2 Å². The van der Waals surface area contributed by atoms with Gasteiger partial charge in [0, 0.05) is 12.4 Å². The number of nitrogens with zero attached hydrogens (tertiary/aromatic N) is 1. The molecule has 0 saturated heterocycles. The van der Waals surface area contributed by atoms with Crippen LogP contribution in [-0.2, 0) is 6.42 Å². The number of aryl methyl sites for hydroxylation is 1. The van der Waals surface area contributed by atoms with E-state index in [1.807, 2.05) is 12.4 Å². The standard InChI is InChI=1S/C19H23NO/c21-19-9-8-17(16-4-2-1-3-5-16)14-18(19)7-6-15-10-12-20-13-11-15/h1-5,10-13,17-19,21H,6-9,14H2. The Hall–Kier alpha value is -1.67. The fourth-order valence-corrected chi connectivity index (χ4v) is 3.49. The molecule has 0 aliphatic heterocycles. The first-order valence-electron chi connectivity index (χ1n) is 7.95. The van der Waals surface area contributed by atoms with Crippen LogP contribution < -0.4 is 0 Å². The van der Waals surface area contributed by atoms with E-state index in [0.717, 1.165) is 32.1 Å². The van der Waals surface area contributed by atoms with E-state index in [1.54, 1.807) is 0 Å². The molecule has 110 valence electrons. The molecule has 1 aromatic carbocycles. The summed E-state index contributed by atoms with van der Waals surface area (Å²) in [5.41, 5.74) is 2.75. The van der Waals surface area contributed by atoms with Crippen LogP contribution in [0.25, 0.3) is 0 Å². The molecule has 1 aromatic heterocycles. The predicted octanol–water partition coefficient (Wildman–Crippen LogP) is 3.96. The average Bonchev–Trinajstić information content (AvgIpc) is 2.56. The van der Waals surface area contributed by atoms with Crippen LogP contribution in [0.15, 0.2) is 54.9 Å². The van der Waals surface area contributed by atoms with Crippen molar-refractivity contribution in [1.82, 2.24) is 4.98 Å². The average molecular weight is 281 g/mol. The van der Waals surface area contributed by atoms with Crippen LogP contribution in [0.1, 0.15) is 42.7 Å². The van der Waals surface area contributed by atoms with E-state index >= 15 is 0 Å². The third-order valence-corrected chi connectivity index (χ3v) is 4.77. The Labute approximate surface area is 126 Å². The maximum Gasteiger partial charge on any atom is 0.0568 e. The van der Waals surface area contributed by atoms with Gasteiger partial charge in [0.15, 0.2) is 0 Å². The van der Waals surface area contributed by atoms with Crippen LogP contribution in [0.4, 0.5) is 0 Å². The highest BCUT2D eigenvalue weighted by atomic mass is 16.3. The number of hydrogen-bond donors (Lipinski definition) is 1. The highest BCUT2D eigenvalue weighted by Gasteiger charge is 2.29. The molecular formula is C19H23NO. The van der Waals surface area contributed by atoms with Crippen LogP contribution in [0, 0.1) is 5.92 Å². The van der Waals surface area contributed by atoms with E-state index in [9.17, 15) is 5.11 Å². The number of pyridine rings is 1. The second-order valence-corrected chi connectivity index (χ2v) is 6.14. The Morgan fingerprint density at radius 2 is 1.76 bits per heavy atom. The van der Waals surface area contributed by atoms with Gasteiger partial charge in [-0.3, -0.25) is 4.98 Å². The lowest BCUT2D eigenvalue weighted by Gasteiger charge is -2.33. The van der Waals surface area contributed by atoms with E-state index in [4.69, 9.17) is 0 Å². The van der Waals surface area contributed by atoms with E-state index in [1.165, 1.54) is 11.1 Å². The second kappa shape index (κ2) is 6.86. The van der Waals surface area contributed by atoms with Gasteiger partial charge in [0.05, 0.1) is 6.10 Å². The molecule has 21 heavy (non-hydrogen) atoms. The lowest BCUT2D eigenvalue weighted by molar-refractivity contribution is 0.0575. The summed E-state index contributed by atoms with van der Waals surface area (Å²) in [5.74, 6) is 1.02. The summed E-state index contributed by atoms with van der Waals surface area (Å²) < 4.78 is 0. The third-order valence-electron chi connectivity index (χ3n) is 4.77. The Bertz CT molecular complexity index is 540. The first-order valence-corrected chi connectivity index (χ1v) is 7.95. The molecule has 0 amide bonds. The normalized spacial score (nSPS) is 25.7. The quantitative estimate of drug-likeness (QED) is 0.920. The zero-order chi connectivity index (χ0) is 14.5. The summed E-state index contributed by atoms with van der Waals surface area (Å²) in [6.45, 7) is 0. The molecule has 1 saturated carbocycles. The summed E-state index contributed by atoms with van der Waals surface area (Å²) in [6, 6.07) is 14.9. The van der Waals surface area contributed by atoms with E-state index in [-0.39, 0.29) is 6.10 Å². The van der Waals surface area contributed by atoms with Crippen molar-refractivity contribution in [2.24, 2.45) is 5.92 Å². The van der Waals surface area contributed by atoms with E-state index in [2.05, 4.69) is 47.4 Å². The fraction of sp³-hybridized carbons (Fsp3) is 0.421. The lowest BCUT2D eigenvalue weighted by atomic mass is 9.74. The highest BCUT2D eigenvalue weighted by Crippen LogP contribution is 2.38. The molecule has 0 radical (unpaired) electrons. The molecule has 1 aliphatic rings. The van der Waals surface area contributed by atoms with Crippen molar-refractivity contribution in [3.8, 4) is 0 Å². The molecule has 0 spiro atoms. The molecule has 1 N–H and O–H groups in total. The van der Waals surface area contributed by atoms with Crippen LogP contribution in [0.3, 0.4) is 0 Å². The van der Waals surface area contributed by atoms with Crippen molar-refractivity contribution in [1.29, 1.82) is 0 Å².